The van der Waals surface area contributed by atoms with Crippen LogP contribution in [0.4, 0.5) is 0 Å². The Labute approximate surface area is 202 Å². The van der Waals surface area contributed by atoms with Gasteiger partial charge in [-0.25, -0.2) is 0 Å². The molecule has 4 aromatic rings. The lowest BCUT2D eigenvalue weighted by Gasteiger charge is -2.14. The average Bonchev–Trinajstić information content (AvgIpc) is 3.48. The number of aromatic amines is 1. The van der Waals surface area contributed by atoms with E-state index in [4.69, 9.17) is 9.47 Å². The van der Waals surface area contributed by atoms with E-state index in [9.17, 15) is 4.79 Å². The molecular formula is C25H27N5O3S. The average molecular weight is 478 g/mol. The van der Waals surface area contributed by atoms with E-state index in [1.54, 1.807) is 14.2 Å². The Kier molecular flexibility index (Phi) is 6.19. The Morgan fingerprint density at radius 2 is 1.97 bits per heavy atom. The molecule has 34 heavy (non-hydrogen) atoms. The number of rotatable bonds is 9. The number of benzene rings is 2. The summed E-state index contributed by atoms with van der Waals surface area (Å²) < 4.78 is 12.8. The molecule has 2 heterocycles. The van der Waals surface area contributed by atoms with Crippen LogP contribution < -0.4 is 14.8 Å². The number of H-pyrrole nitrogens is 1. The molecule has 1 aliphatic rings. The lowest BCUT2D eigenvalue weighted by atomic mass is 10.1. The minimum atomic E-state index is -0.322. The fraction of sp³-hybridized carbons (Fsp3) is 0.320. The quantitative estimate of drug-likeness (QED) is 0.343. The number of aromatic nitrogens is 4. The van der Waals surface area contributed by atoms with Crippen molar-refractivity contribution in [3.05, 3.63) is 54.2 Å². The van der Waals surface area contributed by atoms with Crippen molar-refractivity contribution in [3.8, 4) is 22.9 Å². The molecule has 9 heteroatoms. The van der Waals surface area contributed by atoms with E-state index in [0.29, 0.717) is 24.1 Å². The summed E-state index contributed by atoms with van der Waals surface area (Å²) in [7, 11) is 3.20. The van der Waals surface area contributed by atoms with E-state index in [-0.39, 0.29) is 11.2 Å². The van der Waals surface area contributed by atoms with Crippen molar-refractivity contribution in [1.82, 2.24) is 25.1 Å². The second kappa shape index (κ2) is 9.42. The van der Waals surface area contributed by atoms with Gasteiger partial charge in [-0.05, 0) is 43.5 Å². The van der Waals surface area contributed by atoms with Crippen LogP contribution in [0.25, 0.3) is 22.3 Å². The molecule has 0 spiro atoms. The van der Waals surface area contributed by atoms with Gasteiger partial charge >= 0.3 is 0 Å². The molecule has 1 aliphatic carbocycles. The summed E-state index contributed by atoms with van der Waals surface area (Å²) >= 11 is 1.44. The highest BCUT2D eigenvalue weighted by molar-refractivity contribution is 8.00. The minimum absolute atomic E-state index is 0.0567. The highest BCUT2D eigenvalue weighted by Gasteiger charge is 2.32. The standard InChI is InChI=1S/C25H27N5O3S/c1-15(24(31)27-13-16-8-11-21(32-2)22(12-16)33-3)34-25-29-28-23(30(25)17-9-10-17)19-14-26-20-7-5-4-6-18(19)20/h4-8,11-12,14-15,17,26H,9-10,13H2,1-3H3,(H,27,31)/t15-/m0/s1. The van der Waals surface area contributed by atoms with Gasteiger partial charge in [-0.2, -0.15) is 0 Å². The topological polar surface area (TPSA) is 94.1 Å². The Balaban J connectivity index is 1.30. The molecule has 5 rings (SSSR count). The maximum atomic E-state index is 12.9. The van der Waals surface area contributed by atoms with Crippen molar-refractivity contribution in [2.75, 3.05) is 14.2 Å². The van der Waals surface area contributed by atoms with Crippen LogP contribution in [0.15, 0.2) is 53.8 Å². The molecule has 0 unspecified atom stereocenters. The molecule has 2 aromatic heterocycles. The second-order valence-electron chi connectivity index (χ2n) is 8.32. The zero-order valence-corrected chi connectivity index (χ0v) is 20.2. The number of para-hydroxylation sites is 1. The minimum Gasteiger partial charge on any atom is -0.493 e. The van der Waals surface area contributed by atoms with Crippen molar-refractivity contribution in [3.63, 3.8) is 0 Å². The number of hydrogen-bond donors (Lipinski definition) is 2. The van der Waals surface area contributed by atoms with E-state index in [1.807, 2.05) is 43.5 Å². The first-order valence-corrected chi connectivity index (χ1v) is 12.1. The fourth-order valence-electron chi connectivity index (χ4n) is 3.99. The molecule has 0 saturated heterocycles. The number of amides is 1. The molecule has 2 N–H and O–H groups in total. The summed E-state index contributed by atoms with van der Waals surface area (Å²) in [5.41, 5.74) is 3.04. The van der Waals surface area contributed by atoms with Crippen molar-refractivity contribution >= 4 is 28.6 Å². The normalized spacial score (nSPS) is 14.2. The molecule has 0 aliphatic heterocycles. The van der Waals surface area contributed by atoms with E-state index in [2.05, 4.69) is 37.2 Å². The summed E-state index contributed by atoms with van der Waals surface area (Å²) in [6.45, 7) is 2.30. The van der Waals surface area contributed by atoms with Crippen molar-refractivity contribution in [1.29, 1.82) is 0 Å². The van der Waals surface area contributed by atoms with Crippen LogP contribution >= 0.6 is 11.8 Å². The lowest BCUT2D eigenvalue weighted by Crippen LogP contribution is -2.30. The predicted molar refractivity (Wildman–Crippen MR) is 132 cm³/mol. The number of thioether (sulfide) groups is 1. The predicted octanol–water partition coefficient (Wildman–Crippen LogP) is 4.58. The first-order chi connectivity index (χ1) is 16.6. The molecule has 2 aromatic carbocycles. The number of fused-ring (bicyclic) bond motifs is 1. The Hall–Kier alpha value is -3.46. The third-order valence-electron chi connectivity index (χ3n) is 5.97. The summed E-state index contributed by atoms with van der Waals surface area (Å²) in [5.74, 6) is 2.09. The molecule has 1 atom stereocenters. The van der Waals surface area contributed by atoms with Crippen LogP contribution in [0.3, 0.4) is 0 Å². The summed E-state index contributed by atoms with van der Waals surface area (Å²) in [5, 5.41) is 13.6. The van der Waals surface area contributed by atoms with E-state index < -0.39 is 0 Å². The molecule has 8 nitrogen and oxygen atoms in total. The maximum Gasteiger partial charge on any atom is 0.233 e. The largest absolute Gasteiger partial charge is 0.493 e. The van der Waals surface area contributed by atoms with Gasteiger partial charge in [-0.15, -0.1) is 10.2 Å². The SMILES string of the molecule is COc1ccc(CNC(=O)[C@H](C)Sc2nnc(-c3c[nH]c4ccccc34)n2C2CC2)cc1OC. The lowest BCUT2D eigenvalue weighted by molar-refractivity contribution is -0.120. The van der Waals surface area contributed by atoms with Gasteiger partial charge in [-0.1, -0.05) is 36.0 Å². The highest BCUT2D eigenvalue weighted by atomic mass is 32.2. The van der Waals surface area contributed by atoms with Gasteiger partial charge in [-0.3, -0.25) is 9.36 Å². The van der Waals surface area contributed by atoms with Gasteiger partial charge in [0.05, 0.1) is 19.5 Å². The van der Waals surface area contributed by atoms with Gasteiger partial charge in [0.15, 0.2) is 22.5 Å². The zero-order valence-electron chi connectivity index (χ0n) is 19.4. The van der Waals surface area contributed by atoms with Gasteiger partial charge in [0.1, 0.15) is 0 Å². The van der Waals surface area contributed by atoms with Crippen molar-refractivity contribution in [2.24, 2.45) is 0 Å². The van der Waals surface area contributed by atoms with Crippen LogP contribution in [-0.2, 0) is 11.3 Å². The smallest absolute Gasteiger partial charge is 0.233 e. The maximum absolute atomic E-state index is 12.9. The highest BCUT2D eigenvalue weighted by Crippen LogP contribution is 2.42. The van der Waals surface area contributed by atoms with Gasteiger partial charge in [0.25, 0.3) is 0 Å². The number of nitrogens with zero attached hydrogens (tertiary/aromatic N) is 3. The molecule has 1 amide bonds. The Morgan fingerprint density at radius 1 is 1.18 bits per heavy atom. The van der Waals surface area contributed by atoms with E-state index in [1.165, 1.54) is 11.8 Å². The van der Waals surface area contributed by atoms with Crippen LogP contribution in [0.2, 0.25) is 0 Å². The summed E-state index contributed by atoms with van der Waals surface area (Å²) in [4.78, 5) is 16.2. The number of carbonyl (C=O) groups is 1. The summed E-state index contributed by atoms with van der Waals surface area (Å²) in [6, 6.07) is 14.2. The number of hydrogen-bond acceptors (Lipinski definition) is 6. The number of ether oxygens (including phenoxy) is 2. The van der Waals surface area contributed by atoms with Crippen LogP contribution in [-0.4, -0.2) is 45.1 Å². The van der Waals surface area contributed by atoms with Gasteiger partial charge < -0.3 is 19.8 Å². The molecule has 1 fully saturated rings. The third-order valence-corrected chi connectivity index (χ3v) is 7.03. The van der Waals surface area contributed by atoms with Gasteiger partial charge in [0, 0.05) is 35.2 Å². The molecular weight excluding hydrogens is 450 g/mol. The molecule has 0 bridgehead atoms. The van der Waals surface area contributed by atoms with E-state index >= 15 is 0 Å². The first kappa shape index (κ1) is 22.3. The van der Waals surface area contributed by atoms with Gasteiger partial charge in [0.2, 0.25) is 5.91 Å². The monoisotopic (exact) mass is 477 g/mol. The second-order valence-corrected chi connectivity index (χ2v) is 9.63. The molecule has 1 saturated carbocycles. The van der Waals surface area contributed by atoms with Crippen molar-refractivity contribution < 1.29 is 14.3 Å². The molecule has 0 radical (unpaired) electrons. The van der Waals surface area contributed by atoms with Crippen LogP contribution in [0.1, 0.15) is 31.4 Å². The Morgan fingerprint density at radius 3 is 2.74 bits per heavy atom. The summed E-state index contributed by atoms with van der Waals surface area (Å²) in [6.07, 6.45) is 4.18. The van der Waals surface area contributed by atoms with E-state index in [0.717, 1.165) is 45.9 Å². The third kappa shape index (κ3) is 4.35. The number of carbonyl (C=O) groups excluding carboxylic acids is 1. The van der Waals surface area contributed by atoms with Crippen molar-refractivity contribution in [2.45, 2.75) is 42.8 Å². The first-order valence-electron chi connectivity index (χ1n) is 11.3. The zero-order chi connectivity index (χ0) is 23.7. The molecule has 176 valence electrons. The van der Waals surface area contributed by atoms with Crippen LogP contribution in [0, 0.1) is 0 Å². The number of methoxy groups -OCH3 is 2. The van der Waals surface area contributed by atoms with Crippen LogP contribution in [0.5, 0.6) is 11.5 Å². The Bertz CT molecular complexity index is 1330. The number of nitrogens with one attached hydrogen (secondary N) is 2. The fourth-order valence-corrected chi connectivity index (χ4v) is 4.94.